The summed E-state index contributed by atoms with van der Waals surface area (Å²) in [5, 5.41) is 1.37. The van der Waals surface area contributed by atoms with Crippen molar-refractivity contribution < 1.29 is 4.42 Å². The molecule has 0 amide bonds. The number of benzene rings is 2. The van der Waals surface area contributed by atoms with Gasteiger partial charge in [0.1, 0.15) is 5.52 Å². The first kappa shape index (κ1) is 13.2. The zero-order chi connectivity index (χ0) is 13.4. The molecule has 0 atom stereocenters. The van der Waals surface area contributed by atoms with Crippen LogP contribution < -0.4 is 0 Å². The summed E-state index contributed by atoms with van der Waals surface area (Å²) in [5.41, 5.74) is 3.39. The van der Waals surface area contributed by atoms with Gasteiger partial charge in [0.25, 0.3) is 0 Å². The molecule has 96 valence electrons. The molecule has 0 saturated carbocycles. The third-order valence-electron chi connectivity index (χ3n) is 2.80. The fourth-order valence-electron chi connectivity index (χ4n) is 1.86. The topological polar surface area (TPSA) is 26.0 Å². The van der Waals surface area contributed by atoms with E-state index in [2.05, 4.69) is 36.8 Å². The fourth-order valence-corrected chi connectivity index (χ4v) is 3.12. The second-order valence-corrected chi connectivity index (χ2v) is 5.90. The summed E-state index contributed by atoms with van der Waals surface area (Å²) in [6.07, 6.45) is 0. The van der Waals surface area contributed by atoms with Crippen molar-refractivity contribution in [2.45, 2.75) is 5.33 Å². The average molecular weight is 401 g/mol. The van der Waals surface area contributed by atoms with Crippen LogP contribution in [-0.2, 0) is 5.33 Å². The molecule has 0 aliphatic heterocycles. The minimum absolute atomic E-state index is 0.543. The van der Waals surface area contributed by atoms with Gasteiger partial charge >= 0.3 is 0 Å². The van der Waals surface area contributed by atoms with E-state index in [0.717, 1.165) is 26.7 Å². The van der Waals surface area contributed by atoms with E-state index in [0.29, 0.717) is 16.2 Å². The van der Waals surface area contributed by atoms with Gasteiger partial charge in [-0.3, -0.25) is 0 Å². The molecule has 5 heteroatoms. The third kappa shape index (κ3) is 2.45. The number of halogens is 3. The Morgan fingerprint density at radius 2 is 2.05 bits per heavy atom. The van der Waals surface area contributed by atoms with Crippen LogP contribution in [0.15, 0.2) is 45.3 Å². The number of rotatable bonds is 2. The summed E-state index contributed by atoms with van der Waals surface area (Å²) in [6, 6.07) is 11.6. The predicted molar refractivity (Wildman–Crippen MR) is 84.8 cm³/mol. The molecule has 3 aromatic rings. The highest BCUT2D eigenvalue weighted by molar-refractivity contribution is 9.10. The lowest BCUT2D eigenvalue weighted by molar-refractivity contribution is 0.620. The van der Waals surface area contributed by atoms with Gasteiger partial charge in [0.15, 0.2) is 5.58 Å². The van der Waals surface area contributed by atoms with Crippen LogP contribution in [0.5, 0.6) is 0 Å². The highest BCUT2D eigenvalue weighted by Crippen LogP contribution is 2.33. The van der Waals surface area contributed by atoms with Crippen molar-refractivity contribution in [2.75, 3.05) is 0 Å². The van der Waals surface area contributed by atoms with E-state index in [4.69, 9.17) is 16.0 Å². The molecule has 2 aromatic carbocycles. The van der Waals surface area contributed by atoms with Crippen molar-refractivity contribution in [3.63, 3.8) is 0 Å². The maximum Gasteiger partial charge on any atom is 0.228 e. The quantitative estimate of drug-likeness (QED) is 0.507. The van der Waals surface area contributed by atoms with Gasteiger partial charge < -0.3 is 4.42 Å². The van der Waals surface area contributed by atoms with Gasteiger partial charge in [-0.1, -0.05) is 55.6 Å². The van der Waals surface area contributed by atoms with Crippen LogP contribution >= 0.6 is 43.5 Å². The van der Waals surface area contributed by atoms with Gasteiger partial charge in [-0.05, 0) is 29.8 Å². The predicted octanol–water partition coefficient (Wildman–Crippen LogP) is 5.81. The smallest absolute Gasteiger partial charge is 0.228 e. The van der Waals surface area contributed by atoms with Gasteiger partial charge in [0.2, 0.25) is 5.89 Å². The van der Waals surface area contributed by atoms with Crippen LogP contribution in [0.2, 0.25) is 5.02 Å². The fraction of sp³-hybridized carbons (Fsp3) is 0.0714. The lowest BCUT2D eigenvalue weighted by Gasteiger charge is -2.03. The molecule has 0 aliphatic rings. The van der Waals surface area contributed by atoms with Crippen molar-refractivity contribution in [2.24, 2.45) is 0 Å². The molecule has 0 unspecified atom stereocenters. The van der Waals surface area contributed by atoms with Gasteiger partial charge in [0, 0.05) is 9.80 Å². The van der Waals surface area contributed by atoms with E-state index in [9.17, 15) is 0 Å². The summed E-state index contributed by atoms with van der Waals surface area (Å²) in [6.45, 7) is 0. The molecular formula is C14H8Br2ClNO. The monoisotopic (exact) mass is 399 g/mol. The largest absolute Gasteiger partial charge is 0.436 e. The van der Waals surface area contributed by atoms with E-state index in [1.54, 1.807) is 0 Å². The number of nitrogens with zero attached hydrogens (tertiary/aromatic N) is 1. The van der Waals surface area contributed by atoms with E-state index >= 15 is 0 Å². The van der Waals surface area contributed by atoms with E-state index in [-0.39, 0.29) is 0 Å². The lowest BCUT2D eigenvalue weighted by atomic mass is 10.1. The number of alkyl halides is 1. The maximum atomic E-state index is 6.36. The van der Waals surface area contributed by atoms with Crippen LogP contribution in [0.25, 0.3) is 22.6 Å². The normalized spacial score (nSPS) is 11.1. The minimum Gasteiger partial charge on any atom is -0.436 e. The van der Waals surface area contributed by atoms with Crippen molar-refractivity contribution in [1.29, 1.82) is 0 Å². The summed E-state index contributed by atoms with van der Waals surface area (Å²) in [5.74, 6) is 0.543. The maximum absolute atomic E-state index is 6.36. The molecule has 0 fully saturated rings. The molecule has 0 N–H and O–H groups in total. The Balaban J connectivity index is 2.19. The summed E-state index contributed by atoms with van der Waals surface area (Å²) in [7, 11) is 0. The number of hydrogen-bond acceptors (Lipinski definition) is 2. The Kier molecular flexibility index (Phi) is 3.65. The minimum atomic E-state index is 0.543. The first-order valence-electron chi connectivity index (χ1n) is 5.59. The van der Waals surface area contributed by atoms with Crippen molar-refractivity contribution in [3.8, 4) is 11.5 Å². The van der Waals surface area contributed by atoms with Crippen LogP contribution in [0.1, 0.15) is 5.56 Å². The number of hydrogen-bond donors (Lipinski definition) is 0. The Morgan fingerprint density at radius 1 is 1.21 bits per heavy atom. The molecule has 0 aliphatic carbocycles. The summed E-state index contributed by atoms with van der Waals surface area (Å²) < 4.78 is 6.73. The lowest BCUT2D eigenvalue weighted by Crippen LogP contribution is -1.85. The van der Waals surface area contributed by atoms with Crippen LogP contribution in [-0.4, -0.2) is 4.98 Å². The second kappa shape index (κ2) is 5.27. The van der Waals surface area contributed by atoms with Crippen LogP contribution in [0, 0.1) is 0 Å². The molecule has 1 heterocycles. The molecule has 1 aromatic heterocycles. The number of oxazole rings is 1. The number of aromatic nitrogens is 1. The number of fused-ring (bicyclic) bond motifs is 1. The highest BCUT2D eigenvalue weighted by atomic mass is 79.9. The Morgan fingerprint density at radius 3 is 2.84 bits per heavy atom. The van der Waals surface area contributed by atoms with Gasteiger partial charge in [0.05, 0.1) is 10.6 Å². The first-order chi connectivity index (χ1) is 9.19. The van der Waals surface area contributed by atoms with Gasteiger partial charge in [-0.15, -0.1) is 0 Å². The zero-order valence-electron chi connectivity index (χ0n) is 9.66. The van der Waals surface area contributed by atoms with Crippen LogP contribution in [0.3, 0.4) is 0 Å². The van der Waals surface area contributed by atoms with E-state index < -0.39 is 0 Å². The molecule has 0 bridgehead atoms. The van der Waals surface area contributed by atoms with Gasteiger partial charge in [-0.25, -0.2) is 4.98 Å². The summed E-state index contributed by atoms with van der Waals surface area (Å²) in [4.78, 5) is 4.48. The standard InChI is InChI=1S/C14H8Br2ClNO/c15-7-8-2-1-3-10(13(8)17)14-18-11-6-9(16)4-5-12(11)19-14/h1-6H,7H2. The summed E-state index contributed by atoms with van der Waals surface area (Å²) >= 11 is 13.2. The molecule has 0 spiro atoms. The Bertz CT molecular complexity index is 754. The second-order valence-electron chi connectivity index (χ2n) is 4.04. The SMILES string of the molecule is Clc1c(CBr)cccc1-c1nc2cc(Br)ccc2o1. The van der Waals surface area contributed by atoms with Crippen molar-refractivity contribution in [3.05, 3.63) is 51.5 Å². The molecule has 2 nitrogen and oxygen atoms in total. The average Bonchev–Trinajstić information content (AvgIpc) is 2.81. The Labute approximate surface area is 132 Å². The van der Waals surface area contributed by atoms with Crippen molar-refractivity contribution in [1.82, 2.24) is 4.98 Å². The molecule has 0 radical (unpaired) electrons. The van der Waals surface area contributed by atoms with Crippen molar-refractivity contribution >= 4 is 54.6 Å². The van der Waals surface area contributed by atoms with Gasteiger partial charge in [-0.2, -0.15) is 0 Å². The third-order valence-corrected chi connectivity index (χ3v) is 4.35. The van der Waals surface area contributed by atoms with Crippen LogP contribution in [0.4, 0.5) is 0 Å². The van der Waals surface area contributed by atoms with E-state index in [1.807, 2.05) is 36.4 Å². The molecular weight excluding hydrogens is 393 g/mol. The Hall–Kier alpha value is -0.840. The molecule has 19 heavy (non-hydrogen) atoms. The highest BCUT2D eigenvalue weighted by Gasteiger charge is 2.13. The zero-order valence-corrected chi connectivity index (χ0v) is 13.6. The first-order valence-corrected chi connectivity index (χ1v) is 7.88. The van der Waals surface area contributed by atoms with E-state index in [1.165, 1.54) is 0 Å². The molecule has 3 rings (SSSR count). The molecule has 0 saturated heterocycles.